The maximum absolute atomic E-state index is 6.36. The van der Waals surface area contributed by atoms with Crippen molar-refractivity contribution in [3.63, 3.8) is 0 Å². The van der Waals surface area contributed by atoms with Crippen molar-refractivity contribution in [3.05, 3.63) is 77.5 Å². The molecule has 3 heteroatoms. The summed E-state index contributed by atoms with van der Waals surface area (Å²) in [7, 11) is 2.21. The van der Waals surface area contributed by atoms with E-state index >= 15 is 0 Å². The topological polar surface area (TPSA) is 25.4 Å². The molecule has 27 heavy (non-hydrogen) atoms. The monoisotopic (exact) mass is 360 g/mol. The zero-order chi connectivity index (χ0) is 18.7. The Hall–Kier alpha value is -2.23. The van der Waals surface area contributed by atoms with Gasteiger partial charge in [-0.15, -0.1) is 0 Å². The predicted molar refractivity (Wildman–Crippen MR) is 111 cm³/mol. The number of likely N-dealkylation sites (tertiary alicyclic amines) is 1. The molecule has 0 saturated carbocycles. The lowest BCUT2D eigenvalue weighted by molar-refractivity contribution is 0.0411. The van der Waals surface area contributed by atoms with Crippen LogP contribution in [0.2, 0.25) is 0 Å². The van der Waals surface area contributed by atoms with Crippen molar-refractivity contribution in [2.45, 2.75) is 31.8 Å². The second-order valence-electron chi connectivity index (χ2n) is 7.94. The van der Waals surface area contributed by atoms with E-state index in [9.17, 15) is 0 Å². The van der Waals surface area contributed by atoms with Crippen LogP contribution in [0.5, 0.6) is 0 Å². The number of rotatable bonds is 5. The van der Waals surface area contributed by atoms with Gasteiger partial charge in [-0.1, -0.05) is 48.0 Å². The van der Waals surface area contributed by atoms with E-state index in [4.69, 9.17) is 4.74 Å². The Morgan fingerprint density at radius 2 is 1.81 bits per heavy atom. The quantitative estimate of drug-likeness (QED) is 0.658. The first-order valence-corrected chi connectivity index (χ1v) is 9.82. The highest BCUT2D eigenvalue weighted by atomic mass is 16.5. The van der Waals surface area contributed by atoms with Crippen molar-refractivity contribution < 1.29 is 4.74 Å². The van der Waals surface area contributed by atoms with Crippen LogP contribution in [0.1, 0.15) is 29.5 Å². The molecule has 0 unspecified atom stereocenters. The van der Waals surface area contributed by atoms with E-state index in [1.54, 1.807) is 0 Å². The molecule has 1 aliphatic heterocycles. The van der Waals surface area contributed by atoms with Crippen LogP contribution in [0, 0.1) is 6.92 Å². The maximum atomic E-state index is 6.36. The molecule has 140 valence electrons. The number of fused-ring (bicyclic) bond motifs is 1. The highest BCUT2D eigenvalue weighted by Gasteiger charge is 2.35. The molecular weight excluding hydrogens is 332 g/mol. The van der Waals surface area contributed by atoms with Crippen molar-refractivity contribution in [2.75, 3.05) is 26.7 Å². The van der Waals surface area contributed by atoms with Gasteiger partial charge in [-0.3, -0.25) is 4.98 Å². The summed E-state index contributed by atoms with van der Waals surface area (Å²) in [5, 5.41) is 1.19. The summed E-state index contributed by atoms with van der Waals surface area (Å²) in [5.41, 5.74) is 5.01. The third-order valence-corrected chi connectivity index (χ3v) is 5.89. The molecule has 1 fully saturated rings. The van der Waals surface area contributed by atoms with Gasteiger partial charge in [0.1, 0.15) is 0 Å². The minimum atomic E-state index is 0.112. The van der Waals surface area contributed by atoms with Crippen LogP contribution in [0.4, 0.5) is 0 Å². The number of ether oxygens (including phenoxy) is 1. The summed E-state index contributed by atoms with van der Waals surface area (Å²) < 4.78 is 6.36. The van der Waals surface area contributed by atoms with Crippen LogP contribution in [0.3, 0.4) is 0 Å². The Labute approximate surface area is 162 Å². The van der Waals surface area contributed by atoms with Crippen LogP contribution in [0.25, 0.3) is 10.9 Å². The second-order valence-corrected chi connectivity index (χ2v) is 7.94. The van der Waals surface area contributed by atoms with E-state index in [0.717, 1.165) is 38.1 Å². The minimum Gasteiger partial charge on any atom is -0.376 e. The Morgan fingerprint density at radius 1 is 1.04 bits per heavy atom. The van der Waals surface area contributed by atoms with E-state index in [1.807, 2.05) is 12.3 Å². The zero-order valence-corrected chi connectivity index (χ0v) is 16.3. The molecule has 2 heterocycles. The molecule has 2 aromatic carbocycles. The number of aryl methyl sites for hydroxylation is 1. The Balaban J connectivity index is 1.54. The average molecular weight is 361 g/mol. The standard InChI is InChI=1S/C24H28N2O/c1-19-15-20-7-6-12-25-23(20)21(16-19)17-27-18-24(10-13-26(2)14-11-24)22-8-4-3-5-9-22/h3-9,12,15-16H,10-11,13-14,17-18H2,1-2H3. The fourth-order valence-corrected chi connectivity index (χ4v) is 4.25. The minimum absolute atomic E-state index is 0.112. The molecular formula is C24H28N2O. The van der Waals surface area contributed by atoms with Gasteiger partial charge in [-0.05, 0) is 57.6 Å². The van der Waals surface area contributed by atoms with Gasteiger partial charge in [0.2, 0.25) is 0 Å². The van der Waals surface area contributed by atoms with Crippen LogP contribution in [0.15, 0.2) is 60.8 Å². The molecule has 4 rings (SSSR count). The second kappa shape index (κ2) is 7.79. The van der Waals surface area contributed by atoms with E-state index in [1.165, 1.54) is 22.1 Å². The van der Waals surface area contributed by atoms with Crippen LogP contribution in [-0.2, 0) is 16.8 Å². The highest BCUT2D eigenvalue weighted by molar-refractivity contribution is 5.82. The molecule has 0 spiro atoms. The molecule has 1 aliphatic rings. The predicted octanol–water partition coefficient (Wildman–Crippen LogP) is 4.72. The van der Waals surface area contributed by atoms with Gasteiger partial charge in [0.05, 0.1) is 18.7 Å². The molecule has 0 aliphatic carbocycles. The number of nitrogens with zero attached hydrogens (tertiary/aromatic N) is 2. The summed E-state index contributed by atoms with van der Waals surface area (Å²) in [6, 6.07) is 19.4. The molecule has 1 saturated heterocycles. The summed E-state index contributed by atoms with van der Waals surface area (Å²) >= 11 is 0. The number of hydrogen-bond donors (Lipinski definition) is 0. The molecule has 0 bridgehead atoms. The van der Waals surface area contributed by atoms with Crippen molar-refractivity contribution in [1.82, 2.24) is 9.88 Å². The van der Waals surface area contributed by atoms with Crippen LogP contribution < -0.4 is 0 Å². The summed E-state index contributed by atoms with van der Waals surface area (Å²) in [6.07, 6.45) is 4.14. The van der Waals surface area contributed by atoms with Crippen molar-refractivity contribution in [3.8, 4) is 0 Å². The third kappa shape index (κ3) is 3.90. The fourth-order valence-electron chi connectivity index (χ4n) is 4.25. The van der Waals surface area contributed by atoms with Gasteiger partial charge >= 0.3 is 0 Å². The molecule has 1 aromatic heterocycles. The van der Waals surface area contributed by atoms with E-state index in [0.29, 0.717) is 6.61 Å². The molecule has 0 N–H and O–H groups in total. The molecule has 0 amide bonds. The van der Waals surface area contributed by atoms with E-state index < -0.39 is 0 Å². The third-order valence-electron chi connectivity index (χ3n) is 5.89. The smallest absolute Gasteiger partial charge is 0.0757 e. The summed E-state index contributed by atoms with van der Waals surface area (Å²) in [6.45, 7) is 5.74. The van der Waals surface area contributed by atoms with E-state index in [2.05, 4.69) is 72.4 Å². The number of benzene rings is 2. The van der Waals surface area contributed by atoms with Crippen LogP contribution >= 0.6 is 0 Å². The molecule has 3 aromatic rings. The Bertz CT molecular complexity index is 899. The van der Waals surface area contributed by atoms with Crippen molar-refractivity contribution in [2.24, 2.45) is 0 Å². The molecule has 0 radical (unpaired) electrons. The van der Waals surface area contributed by atoms with Crippen molar-refractivity contribution in [1.29, 1.82) is 0 Å². The fraction of sp³-hybridized carbons (Fsp3) is 0.375. The van der Waals surface area contributed by atoms with Gasteiger partial charge < -0.3 is 9.64 Å². The summed E-state index contributed by atoms with van der Waals surface area (Å²) in [4.78, 5) is 7.00. The van der Waals surface area contributed by atoms with Gasteiger partial charge in [0.25, 0.3) is 0 Å². The van der Waals surface area contributed by atoms with Gasteiger partial charge in [0.15, 0.2) is 0 Å². The first kappa shape index (κ1) is 18.1. The molecule has 0 atom stereocenters. The van der Waals surface area contributed by atoms with Gasteiger partial charge in [-0.2, -0.15) is 0 Å². The van der Waals surface area contributed by atoms with Crippen molar-refractivity contribution >= 4 is 10.9 Å². The average Bonchev–Trinajstić information content (AvgIpc) is 2.70. The molecule has 3 nitrogen and oxygen atoms in total. The Morgan fingerprint density at radius 3 is 2.59 bits per heavy atom. The lowest BCUT2D eigenvalue weighted by Crippen LogP contribution is -2.43. The number of aromatic nitrogens is 1. The summed E-state index contributed by atoms with van der Waals surface area (Å²) in [5.74, 6) is 0. The van der Waals surface area contributed by atoms with Crippen LogP contribution in [-0.4, -0.2) is 36.6 Å². The maximum Gasteiger partial charge on any atom is 0.0757 e. The highest BCUT2D eigenvalue weighted by Crippen LogP contribution is 2.36. The van der Waals surface area contributed by atoms with Gasteiger partial charge in [-0.25, -0.2) is 0 Å². The zero-order valence-electron chi connectivity index (χ0n) is 16.3. The Kier molecular flexibility index (Phi) is 5.24. The first-order chi connectivity index (χ1) is 13.2. The lowest BCUT2D eigenvalue weighted by atomic mass is 9.73. The van der Waals surface area contributed by atoms with E-state index in [-0.39, 0.29) is 5.41 Å². The lowest BCUT2D eigenvalue weighted by Gasteiger charge is -2.41. The normalized spacial score (nSPS) is 17.3. The van der Waals surface area contributed by atoms with Gasteiger partial charge in [0, 0.05) is 22.6 Å². The number of piperidine rings is 1. The first-order valence-electron chi connectivity index (χ1n) is 9.82. The number of pyridine rings is 1. The largest absolute Gasteiger partial charge is 0.376 e. The SMILES string of the molecule is Cc1cc(COCC2(c3ccccc3)CCN(C)CC2)c2ncccc2c1. The number of hydrogen-bond acceptors (Lipinski definition) is 3.